The highest BCUT2D eigenvalue weighted by molar-refractivity contribution is 5.57. The van der Waals surface area contributed by atoms with Crippen molar-refractivity contribution in [1.82, 2.24) is 0 Å². The van der Waals surface area contributed by atoms with Crippen LogP contribution in [-0.2, 0) is 0 Å². The first-order chi connectivity index (χ1) is 9.04. The second-order valence-electron chi connectivity index (χ2n) is 4.89. The third-order valence-electron chi connectivity index (χ3n) is 3.15. The highest BCUT2D eigenvalue weighted by atomic mass is 15.1. The monoisotopic (exact) mass is 252 g/mol. The lowest BCUT2D eigenvalue weighted by Gasteiger charge is -2.13. The van der Waals surface area contributed by atoms with Crippen molar-refractivity contribution >= 4 is 11.4 Å². The van der Waals surface area contributed by atoms with Gasteiger partial charge in [-0.2, -0.15) is 0 Å². The summed E-state index contributed by atoms with van der Waals surface area (Å²) in [6.07, 6.45) is 0. The lowest BCUT2D eigenvalue weighted by molar-refractivity contribution is 1.31. The number of benzene rings is 2. The maximum atomic E-state index is 4.00. The average molecular weight is 252 g/mol. The molecule has 0 saturated carbocycles. The molecule has 2 N–H and O–H groups in total. The molecule has 0 amide bonds. The van der Waals surface area contributed by atoms with Crippen molar-refractivity contribution in [1.29, 1.82) is 0 Å². The molecule has 0 unspecified atom stereocenters. The Kier molecular flexibility index (Phi) is 3.91. The van der Waals surface area contributed by atoms with Crippen LogP contribution < -0.4 is 10.6 Å². The highest BCUT2D eigenvalue weighted by Gasteiger charge is 1.99. The molecule has 0 aliphatic heterocycles. The third-order valence-corrected chi connectivity index (χ3v) is 3.15. The molecule has 98 valence electrons. The fourth-order valence-corrected chi connectivity index (χ4v) is 1.84. The molecule has 2 heteroatoms. The summed E-state index contributed by atoms with van der Waals surface area (Å²) < 4.78 is 0. The number of rotatable bonds is 4. The minimum atomic E-state index is 0.770. The van der Waals surface area contributed by atoms with Crippen LogP contribution in [0.25, 0.3) is 0 Å². The van der Waals surface area contributed by atoms with Gasteiger partial charge in [0.25, 0.3) is 0 Å². The van der Waals surface area contributed by atoms with Gasteiger partial charge in [-0.15, -0.1) is 0 Å². The van der Waals surface area contributed by atoms with Crippen LogP contribution in [0.2, 0.25) is 0 Å². The van der Waals surface area contributed by atoms with Gasteiger partial charge in [0.15, 0.2) is 0 Å². The smallest absolute Gasteiger partial charge is 0.100 e. The van der Waals surface area contributed by atoms with Crippen molar-refractivity contribution < 1.29 is 0 Å². The number of aryl methyl sites for hydroxylation is 3. The first kappa shape index (κ1) is 13.2. The van der Waals surface area contributed by atoms with Crippen LogP contribution in [0.1, 0.15) is 16.7 Å². The molecule has 0 aromatic heterocycles. The molecule has 0 bridgehead atoms. The van der Waals surface area contributed by atoms with Gasteiger partial charge in [0.05, 0.1) is 0 Å². The van der Waals surface area contributed by atoms with Crippen molar-refractivity contribution in [3.05, 3.63) is 71.6 Å². The number of nitrogens with one attached hydrogen (secondary N) is 2. The summed E-state index contributed by atoms with van der Waals surface area (Å²) in [7, 11) is 0. The van der Waals surface area contributed by atoms with Crippen molar-refractivity contribution in [3.63, 3.8) is 0 Å². The molecule has 0 aliphatic carbocycles. The van der Waals surface area contributed by atoms with E-state index in [1.165, 1.54) is 16.7 Å². The molecule has 2 aromatic rings. The molecular formula is C17H20N2. The number of hydrogen-bond acceptors (Lipinski definition) is 2. The van der Waals surface area contributed by atoms with Gasteiger partial charge in [-0.3, -0.25) is 0 Å². The third kappa shape index (κ3) is 3.62. The number of hydrogen-bond donors (Lipinski definition) is 2. The van der Waals surface area contributed by atoms with Crippen LogP contribution in [0.5, 0.6) is 0 Å². The largest absolute Gasteiger partial charge is 0.342 e. The molecule has 0 spiro atoms. The summed E-state index contributed by atoms with van der Waals surface area (Å²) in [6.45, 7) is 10.3. The maximum Gasteiger partial charge on any atom is 0.100 e. The van der Waals surface area contributed by atoms with Gasteiger partial charge in [-0.05, 0) is 56.2 Å². The van der Waals surface area contributed by atoms with E-state index in [0.717, 1.165) is 17.2 Å². The van der Waals surface area contributed by atoms with E-state index in [0.29, 0.717) is 0 Å². The Morgan fingerprint density at radius 2 is 1.37 bits per heavy atom. The molecule has 2 rings (SSSR count). The SMILES string of the molecule is C=C(Nc1ccc(C)cc1)Nc1ccc(C)c(C)c1. The van der Waals surface area contributed by atoms with E-state index in [4.69, 9.17) is 0 Å². The quantitative estimate of drug-likeness (QED) is 0.830. The van der Waals surface area contributed by atoms with E-state index in [2.05, 4.69) is 68.3 Å². The second kappa shape index (κ2) is 5.61. The van der Waals surface area contributed by atoms with E-state index < -0.39 is 0 Å². The lowest BCUT2D eigenvalue weighted by Crippen LogP contribution is -2.08. The van der Waals surface area contributed by atoms with E-state index in [1.54, 1.807) is 0 Å². The van der Waals surface area contributed by atoms with Crippen LogP contribution in [0.4, 0.5) is 11.4 Å². The Hall–Kier alpha value is -2.22. The number of anilines is 2. The molecule has 19 heavy (non-hydrogen) atoms. The standard InChI is InChI=1S/C17H20N2/c1-12-5-8-16(9-6-12)18-15(4)19-17-10-7-13(2)14(3)11-17/h5-11,18-19H,4H2,1-3H3. The predicted molar refractivity (Wildman–Crippen MR) is 83.5 cm³/mol. The Morgan fingerprint density at radius 3 is 2.00 bits per heavy atom. The first-order valence-corrected chi connectivity index (χ1v) is 6.41. The van der Waals surface area contributed by atoms with Gasteiger partial charge < -0.3 is 10.6 Å². The zero-order valence-corrected chi connectivity index (χ0v) is 11.7. The summed E-state index contributed by atoms with van der Waals surface area (Å²) >= 11 is 0. The van der Waals surface area contributed by atoms with E-state index >= 15 is 0 Å². The predicted octanol–water partition coefficient (Wildman–Crippen LogP) is 4.61. The Bertz CT molecular complexity index is 583. The van der Waals surface area contributed by atoms with Crippen LogP contribution >= 0.6 is 0 Å². The molecule has 0 heterocycles. The van der Waals surface area contributed by atoms with Gasteiger partial charge in [0.2, 0.25) is 0 Å². The molecule has 0 saturated heterocycles. The molecule has 0 aliphatic rings. The normalized spacial score (nSPS) is 10.1. The molecule has 0 fully saturated rings. The summed E-state index contributed by atoms with van der Waals surface area (Å²) in [5.74, 6) is 0.770. The lowest BCUT2D eigenvalue weighted by atomic mass is 10.1. The molecule has 0 radical (unpaired) electrons. The van der Waals surface area contributed by atoms with Crippen molar-refractivity contribution in [2.75, 3.05) is 10.6 Å². The van der Waals surface area contributed by atoms with Gasteiger partial charge in [0, 0.05) is 11.4 Å². The molecule has 2 nitrogen and oxygen atoms in total. The van der Waals surface area contributed by atoms with Crippen LogP contribution in [0.15, 0.2) is 54.9 Å². The minimum Gasteiger partial charge on any atom is -0.342 e. The summed E-state index contributed by atoms with van der Waals surface area (Å²) in [5.41, 5.74) is 5.90. The van der Waals surface area contributed by atoms with Crippen LogP contribution in [0.3, 0.4) is 0 Å². The second-order valence-corrected chi connectivity index (χ2v) is 4.89. The van der Waals surface area contributed by atoms with Crippen molar-refractivity contribution in [3.8, 4) is 0 Å². The topological polar surface area (TPSA) is 24.1 Å². The van der Waals surface area contributed by atoms with Crippen LogP contribution in [0, 0.1) is 20.8 Å². The summed E-state index contributed by atoms with van der Waals surface area (Å²) in [4.78, 5) is 0. The fraction of sp³-hybridized carbons (Fsp3) is 0.176. The average Bonchev–Trinajstić information content (AvgIpc) is 2.37. The Balaban J connectivity index is 2.01. The minimum absolute atomic E-state index is 0.770. The Morgan fingerprint density at radius 1 is 0.789 bits per heavy atom. The van der Waals surface area contributed by atoms with Gasteiger partial charge in [0.1, 0.15) is 5.82 Å². The van der Waals surface area contributed by atoms with Gasteiger partial charge >= 0.3 is 0 Å². The maximum absolute atomic E-state index is 4.00. The zero-order chi connectivity index (χ0) is 13.8. The summed E-state index contributed by atoms with van der Waals surface area (Å²) in [6, 6.07) is 14.5. The van der Waals surface area contributed by atoms with Crippen LogP contribution in [-0.4, -0.2) is 0 Å². The summed E-state index contributed by atoms with van der Waals surface area (Å²) in [5, 5.41) is 6.51. The molecular weight excluding hydrogens is 232 g/mol. The zero-order valence-electron chi connectivity index (χ0n) is 11.7. The Labute approximate surface area is 115 Å². The van der Waals surface area contributed by atoms with Gasteiger partial charge in [-0.1, -0.05) is 30.3 Å². The van der Waals surface area contributed by atoms with Crippen molar-refractivity contribution in [2.24, 2.45) is 0 Å². The molecule has 0 atom stereocenters. The molecule has 2 aromatic carbocycles. The van der Waals surface area contributed by atoms with E-state index in [1.807, 2.05) is 12.1 Å². The first-order valence-electron chi connectivity index (χ1n) is 6.41. The van der Waals surface area contributed by atoms with E-state index in [-0.39, 0.29) is 0 Å². The van der Waals surface area contributed by atoms with Crippen molar-refractivity contribution in [2.45, 2.75) is 20.8 Å². The highest BCUT2D eigenvalue weighted by Crippen LogP contribution is 2.17. The van der Waals surface area contributed by atoms with Gasteiger partial charge in [-0.25, -0.2) is 0 Å². The fourth-order valence-electron chi connectivity index (χ4n) is 1.84. The van der Waals surface area contributed by atoms with E-state index in [9.17, 15) is 0 Å².